The fourth-order valence-corrected chi connectivity index (χ4v) is 3.63. The van der Waals surface area contributed by atoms with E-state index in [1.807, 2.05) is 18.2 Å². The third-order valence-corrected chi connectivity index (χ3v) is 5.17. The lowest BCUT2D eigenvalue weighted by molar-refractivity contribution is -0.121. The zero-order valence-corrected chi connectivity index (χ0v) is 14.1. The van der Waals surface area contributed by atoms with E-state index in [0.29, 0.717) is 12.5 Å². The maximum atomic E-state index is 12.4. The van der Waals surface area contributed by atoms with Gasteiger partial charge >= 0.3 is 0 Å². The molecule has 1 aromatic carbocycles. The van der Waals surface area contributed by atoms with Crippen molar-refractivity contribution in [2.24, 2.45) is 0 Å². The molecule has 4 rings (SSSR count). The highest BCUT2D eigenvalue weighted by Gasteiger charge is 2.32. The summed E-state index contributed by atoms with van der Waals surface area (Å²) in [6.07, 6.45) is 6.88. The monoisotopic (exact) mass is 328 g/mol. The minimum Gasteiger partial charge on any atom is -0.497 e. The highest BCUT2D eigenvalue weighted by molar-refractivity contribution is 5.88. The molecule has 128 valence electrons. The van der Waals surface area contributed by atoms with Crippen molar-refractivity contribution in [3.05, 3.63) is 30.0 Å². The molecule has 2 aliphatic rings. The van der Waals surface area contributed by atoms with E-state index < -0.39 is 0 Å². The molecule has 1 N–H and O–H groups in total. The number of nitrogens with one attached hydrogen (secondary N) is 1. The van der Waals surface area contributed by atoms with Gasteiger partial charge in [-0.15, -0.1) is 0 Å². The predicted octanol–water partition coefficient (Wildman–Crippen LogP) is 2.73. The van der Waals surface area contributed by atoms with Crippen molar-refractivity contribution in [1.82, 2.24) is 10.2 Å². The van der Waals surface area contributed by atoms with Crippen molar-refractivity contribution in [2.75, 3.05) is 20.2 Å². The lowest BCUT2D eigenvalue weighted by atomic mass is 10.0. The molecule has 0 unspecified atom stereocenters. The number of methoxy groups -OCH3 is 1. The predicted molar refractivity (Wildman–Crippen MR) is 92.2 cm³/mol. The van der Waals surface area contributed by atoms with Crippen molar-refractivity contribution in [1.29, 1.82) is 0 Å². The first-order valence-electron chi connectivity index (χ1n) is 8.80. The van der Waals surface area contributed by atoms with Gasteiger partial charge in [0.05, 0.1) is 19.8 Å². The van der Waals surface area contributed by atoms with Gasteiger partial charge < -0.3 is 19.4 Å². The number of carbonyl (C=O) groups excluding carboxylic acids is 1. The highest BCUT2D eigenvalue weighted by Crippen LogP contribution is 2.29. The molecule has 5 heteroatoms. The lowest BCUT2D eigenvalue weighted by Gasteiger charge is -2.32. The Morgan fingerprint density at radius 1 is 1.29 bits per heavy atom. The Bertz CT molecular complexity index is 727. The van der Waals surface area contributed by atoms with E-state index in [2.05, 4.69) is 10.2 Å². The topological polar surface area (TPSA) is 54.7 Å². The van der Waals surface area contributed by atoms with Crippen molar-refractivity contribution in [3.8, 4) is 5.75 Å². The molecular weight excluding hydrogens is 304 g/mol. The molecule has 0 radical (unpaired) electrons. The number of rotatable bonds is 5. The summed E-state index contributed by atoms with van der Waals surface area (Å²) >= 11 is 0. The van der Waals surface area contributed by atoms with Crippen LogP contribution in [0.5, 0.6) is 5.75 Å². The molecule has 1 aliphatic heterocycles. The van der Waals surface area contributed by atoms with Gasteiger partial charge in [0.25, 0.3) is 0 Å². The number of furan rings is 1. The first-order chi connectivity index (χ1) is 11.7. The molecule has 1 saturated carbocycles. The normalized spacial score (nSPS) is 19.5. The number of likely N-dealkylation sites (tertiary alicyclic amines) is 1. The number of carbonyl (C=O) groups is 1. The zero-order chi connectivity index (χ0) is 16.5. The molecule has 0 bridgehead atoms. The van der Waals surface area contributed by atoms with E-state index in [4.69, 9.17) is 9.15 Å². The number of benzene rings is 1. The molecule has 1 amide bonds. The molecular formula is C19H24N2O3. The van der Waals surface area contributed by atoms with Crippen LogP contribution in [0.3, 0.4) is 0 Å². The Kier molecular flexibility index (Phi) is 4.19. The van der Waals surface area contributed by atoms with Gasteiger partial charge in [0.2, 0.25) is 5.91 Å². The number of piperidine rings is 1. The van der Waals surface area contributed by atoms with Crippen molar-refractivity contribution in [2.45, 2.75) is 44.2 Å². The Balaban J connectivity index is 1.34. The molecule has 2 heterocycles. The van der Waals surface area contributed by atoms with E-state index in [-0.39, 0.29) is 5.91 Å². The molecule has 1 aromatic heterocycles. The summed E-state index contributed by atoms with van der Waals surface area (Å²) in [5, 5.41) is 4.17. The van der Waals surface area contributed by atoms with E-state index >= 15 is 0 Å². The van der Waals surface area contributed by atoms with Crippen LogP contribution in [0.2, 0.25) is 0 Å². The molecule has 1 saturated heterocycles. The van der Waals surface area contributed by atoms with Gasteiger partial charge in [-0.25, -0.2) is 0 Å². The fraction of sp³-hybridized carbons (Fsp3) is 0.526. The van der Waals surface area contributed by atoms with Crippen LogP contribution >= 0.6 is 0 Å². The first kappa shape index (κ1) is 15.5. The summed E-state index contributed by atoms with van der Waals surface area (Å²) in [4.78, 5) is 15.0. The first-order valence-corrected chi connectivity index (χ1v) is 8.80. The second kappa shape index (κ2) is 6.48. The minimum atomic E-state index is 0.0818. The van der Waals surface area contributed by atoms with Gasteiger partial charge in [-0.3, -0.25) is 4.79 Å². The van der Waals surface area contributed by atoms with Crippen LogP contribution in [-0.2, 0) is 11.2 Å². The van der Waals surface area contributed by atoms with E-state index in [9.17, 15) is 4.79 Å². The van der Waals surface area contributed by atoms with Crippen LogP contribution in [-0.4, -0.2) is 43.1 Å². The van der Waals surface area contributed by atoms with Gasteiger partial charge in [0, 0.05) is 42.2 Å². The van der Waals surface area contributed by atoms with Crippen LogP contribution in [0, 0.1) is 0 Å². The van der Waals surface area contributed by atoms with Gasteiger partial charge in [-0.1, -0.05) is 0 Å². The molecule has 2 aromatic rings. The molecule has 0 spiro atoms. The van der Waals surface area contributed by atoms with Crippen molar-refractivity contribution >= 4 is 16.9 Å². The van der Waals surface area contributed by atoms with E-state index in [0.717, 1.165) is 54.3 Å². The summed E-state index contributed by atoms with van der Waals surface area (Å²) in [5.74, 6) is 0.841. The van der Waals surface area contributed by atoms with Gasteiger partial charge in [0.1, 0.15) is 11.3 Å². The number of hydrogen-bond acceptors (Lipinski definition) is 4. The zero-order valence-electron chi connectivity index (χ0n) is 14.1. The summed E-state index contributed by atoms with van der Waals surface area (Å²) < 4.78 is 10.8. The average molecular weight is 328 g/mol. The van der Waals surface area contributed by atoms with E-state index in [1.54, 1.807) is 13.4 Å². The second-order valence-corrected chi connectivity index (χ2v) is 6.91. The summed E-state index contributed by atoms with van der Waals surface area (Å²) in [6.45, 7) is 2.23. The van der Waals surface area contributed by atoms with Gasteiger partial charge in [-0.05, 0) is 37.8 Å². The smallest absolute Gasteiger partial charge is 0.224 e. The summed E-state index contributed by atoms with van der Waals surface area (Å²) in [6, 6.07) is 6.84. The average Bonchev–Trinajstić information content (AvgIpc) is 3.38. The summed E-state index contributed by atoms with van der Waals surface area (Å²) in [7, 11) is 1.63. The summed E-state index contributed by atoms with van der Waals surface area (Å²) in [5.41, 5.74) is 1.69. The SMILES string of the molecule is COc1ccc2c(CC(=O)NC3CCN(C4CC4)CC3)coc2c1. The standard InChI is InChI=1S/C19H24N2O3/c1-23-16-4-5-17-13(12-24-18(17)11-16)10-19(22)20-14-6-8-21(9-7-14)15-2-3-15/h4-5,11-12,14-15H,2-3,6-10H2,1H3,(H,20,22). The van der Waals surface area contributed by atoms with Crippen molar-refractivity contribution < 1.29 is 13.9 Å². The maximum absolute atomic E-state index is 12.4. The molecule has 2 fully saturated rings. The quantitative estimate of drug-likeness (QED) is 0.917. The highest BCUT2D eigenvalue weighted by atomic mass is 16.5. The molecule has 24 heavy (non-hydrogen) atoms. The van der Waals surface area contributed by atoms with Crippen LogP contribution < -0.4 is 10.1 Å². The van der Waals surface area contributed by atoms with Crippen LogP contribution in [0.4, 0.5) is 0 Å². The van der Waals surface area contributed by atoms with Gasteiger partial charge in [-0.2, -0.15) is 0 Å². The Labute approximate surface area is 141 Å². The number of ether oxygens (including phenoxy) is 1. The molecule has 5 nitrogen and oxygen atoms in total. The number of nitrogens with zero attached hydrogens (tertiary/aromatic N) is 1. The number of hydrogen-bond donors (Lipinski definition) is 1. The fourth-order valence-electron chi connectivity index (χ4n) is 3.63. The largest absolute Gasteiger partial charge is 0.497 e. The third-order valence-electron chi connectivity index (χ3n) is 5.17. The Hall–Kier alpha value is -2.01. The maximum Gasteiger partial charge on any atom is 0.224 e. The molecule has 0 atom stereocenters. The Morgan fingerprint density at radius 2 is 2.08 bits per heavy atom. The van der Waals surface area contributed by atoms with Gasteiger partial charge in [0.15, 0.2) is 0 Å². The lowest BCUT2D eigenvalue weighted by Crippen LogP contribution is -2.45. The van der Waals surface area contributed by atoms with E-state index in [1.165, 1.54) is 12.8 Å². The number of amides is 1. The van der Waals surface area contributed by atoms with Crippen LogP contribution in [0.25, 0.3) is 11.0 Å². The second-order valence-electron chi connectivity index (χ2n) is 6.91. The molecule has 1 aliphatic carbocycles. The number of fused-ring (bicyclic) bond motifs is 1. The van der Waals surface area contributed by atoms with Crippen molar-refractivity contribution in [3.63, 3.8) is 0 Å². The Morgan fingerprint density at radius 3 is 2.79 bits per heavy atom. The third kappa shape index (κ3) is 3.26. The minimum absolute atomic E-state index is 0.0818. The van der Waals surface area contributed by atoms with Crippen LogP contribution in [0.1, 0.15) is 31.2 Å². The van der Waals surface area contributed by atoms with Crippen LogP contribution in [0.15, 0.2) is 28.9 Å².